The summed E-state index contributed by atoms with van der Waals surface area (Å²) in [6.07, 6.45) is 70.1. The predicted octanol–water partition coefficient (Wildman–Crippen LogP) is 20.5. The number of hydrogen-bond donors (Lipinski definition) is 0. The fourth-order valence-electron chi connectivity index (χ4n) is 9.81. The molecule has 0 heterocycles. The molecule has 0 saturated heterocycles. The van der Waals surface area contributed by atoms with Gasteiger partial charge in [0.05, 0.1) is 0 Å². The smallest absolute Gasteiger partial charge is 0.00981 e. The standard InChI is InChI=1S/C56H115N.Na/c1-6-11-16-21-26-29-31-33-37-42-47-52-55(50-45-40-35-24-19-14-9-4)57(54-49-44-39-28-23-18-13-8-3)56(51-46-41-36-25-20-15-10-5)53-48-43-38-34-32-30-27-22-17-12-7-2;/h55-56H,6-54H2,1-5H3;. The molecule has 0 spiro atoms. The van der Waals surface area contributed by atoms with Crippen LogP contribution in [-0.4, -0.2) is 53.1 Å². The first-order valence-electron chi connectivity index (χ1n) is 28.0. The molecule has 2 atom stereocenters. The van der Waals surface area contributed by atoms with Crippen LogP contribution in [-0.2, 0) is 0 Å². The fraction of sp³-hybridized carbons (Fsp3) is 1.00. The average Bonchev–Trinajstić information content (AvgIpc) is 3.22. The Balaban J connectivity index is 0. The molecule has 0 rings (SSSR count). The average molecular weight is 826 g/mol. The van der Waals surface area contributed by atoms with Gasteiger partial charge in [0.25, 0.3) is 0 Å². The van der Waals surface area contributed by atoms with E-state index < -0.39 is 0 Å². The third-order valence-electron chi connectivity index (χ3n) is 13.8. The second kappa shape index (κ2) is 54.1. The Kier molecular flexibility index (Phi) is 56.9. The van der Waals surface area contributed by atoms with E-state index in [-0.39, 0.29) is 29.6 Å². The first-order chi connectivity index (χ1) is 28.2. The molecule has 0 amide bonds. The summed E-state index contributed by atoms with van der Waals surface area (Å²) in [7, 11) is 0. The molecule has 1 radical (unpaired) electrons. The van der Waals surface area contributed by atoms with Gasteiger partial charge in [-0.3, -0.25) is 4.90 Å². The van der Waals surface area contributed by atoms with Crippen LogP contribution in [0.5, 0.6) is 0 Å². The van der Waals surface area contributed by atoms with Crippen molar-refractivity contribution in [3.05, 3.63) is 0 Å². The zero-order valence-electron chi connectivity index (χ0n) is 42.3. The molecule has 0 aromatic carbocycles. The maximum Gasteiger partial charge on any atom is 0.00981 e. The maximum atomic E-state index is 3.23. The number of nitrogens with zero attached hydrogens (tertiary/aromatic N) is 1. The quantitative estimate of drug-likeness (QED) is 0.0436. The first kappa shape index (κ1) is 61.0. The molecular weight excluding hydrogens is 710 g/mol. The zero-order valence-corrected chi connectivity index (χ0v) is 44.3. The van der Waals surface area contributed by atoms with Gasteiger partial charge in [-0.1, -0.05) is 311 Å². The Morgan fingerprint density at radius 1 is 0.207 bits per heavy atom. The van der Waals surface area contributed by atoms with E-state index in [9.17, 15) is 0 Å². The molecule has 2 unspecified atom stereocenters. The number of hydrogen-bond acceptors (Lipinski definition) is 1. The van der Waals surface area contributed by atoms with Crippen molar-refractivity contribution in [3.8, 4) is 0 Å². The van der Waals surface area contributed by atoms with Gasteiger partial charge in [-0.15, -0.1) is 0 Å². The van der Waals surface area contributed by atoms with E-state index >= 15 is 0 Å². The van der Waals surface area contributed by atoms with Gasteiger partial charge < -0.3 is 0 Å². The third kappa shape index (κ3) is 45.0. The van der Waals surface area contributed by atoms with E-state index in [1.165, 1.54) is 315 Å². The fourth-order valence-corrected chi connectivity index (χ4v) is 9.81. The van der Waals surface area contributed by atoms with Crippen LogP contribution in [0.4, 0.5) is 0 Å². The Hall–Kier alpha value is 0.960. The van der Waals surface area contributed by atoms with E-state index in [1.807, 2.05) is 0 Å². The van der Waals surface area contributed by atoms with Gasteiger partial charge in [0, 0.05) is 41.6 Å². The molecule has 58 heavy (non-hydrogen) atoms. The van der Waals surface area contributed by atoms with Crippen LogP contribution >= 0.6 is 0 Å². The van der Waals surface area contributed by atoms with E-state index in [0.717, 1.165) is 12.1 Å². The molecule has 345 valence electrons. The molecule has 2 heteroatoms. The summed E-state index contributed by atoms with van der Waals surface area (Å²) in [4.78, 5) is 3.23. The van der Waals surface area contributed by atoms with Crippen molar-refractivity contribution >= 4 is 29.6 Å². The summed E-state index contributed by atoms with van der Waals surface area (Å²) in [5.41, 5.74) is 0. The molecule has 0 saturated carbocycles. The van der Waals surface area contributed by atoms with Gasteiger partial charge in [-0.2, -0.15) is 0 Å². The number of unbranched alkanes of at least 4 members (excludes halogenated alkanes) is 39. The second-order valence-corrected chi connectivity index (χ2v) is 19.5. The van der Waals surface area contributed by atoms with Crippen molar-refractivity contribution in [1.29, 1.82) is 0 Å². The molecule has 0 aliphatic heterocycles. The van der Waals surface area contributed by atoms with Crippen molar-refractivity contribution in [2.24, 2.45) is 0 Å². The largest absolute Gasteiger partial charge is 0.297 e. The summed E-state index contributed by atoms with van der Waals surface area (Å²) in [5.74, 6) is 0. The van der Waals surface area contributed by atoms with E-state index in [0.29, 0.717) is 0 Å². The van der Waals surface area contributed by atoms with Crippen molar-refractivity contribution in [2.45, 2.75) is 355 Å². The van der Waals surface area contributed by atoms with Gasteiger partial charge in [0.15, 0.2) is 0 Å². The van der Waals surface area contributed by atoms with Crippen LogP contribution in [0.2, 0.25) is 0 Å². The minimum Gasteiger partial charge on any atom is -0.297 e. The van der Waals surface area contributed by atoms with Gasteiger partial charge in [0.2, 0.25) is 0 Å². The monoisotopic (exact) mass is 825 g/mol. The van der Waals surface area contributed by atoms with Gasteiger partial charge in [-0.05, 0) is 38.6 Å². The molecule has 0 N–H and O–H groups in total. The second-order valence-electron chi connectivity index (χ2n) is 19.5. The normalized spacial score (nSPS) is 12.7. The predicted molar refractivity (Wildman–Crippen MR) is 270 cm³/mol. The van der Waals surface area contributed by atoms with E-state index in [1.54, 1.807) is 0 Å². The zero-order chi connectivity index (χ0) is 41.4. The van der Waals surface area contributed by atoms with Crippen molar-refractivity contribution in [3.63, 3.8) is 0 Å². The van der Waals surface area contributed by atoms with Crippen LogP contribution in [0.3, 0.4) is 0 Å². The summed E-state index contributed by atoms with van der Waals surface area (Å²) in [6, 6.07) is 1.68. The van der Waals surface area contributed by atoms with Crippen LogP contribution in [0.25, 0.3) is 0 Å². The SMILES string of the molecule is CCCCCCCCCCCCCC(CCCCCCCCC)N(CCCCCCCCCC)C(CCCCCCCCC)CCCCCCCCCCCCC.[Na]. The summed E-state index contributed by atoms with van der Waals surface area (Å²) in [6.45, 7) is 13.1. The van der Waals surface area contributed by atoms with Gasteiger partial charge >= 0.3 is 0 Å². The summed E-state index contributed by atoms with van der Waals surface area (Å²) >= 11 is 0. The Bertz CT molecular complexity index is 646. The van der Waals surface area contributed by atoms with Gasteiger partial charge in [-0.25, -0.2) is 0 Å². The molecule has 0 aromatic heterocycles. The van der Waals surface area contributed by atoms with Crippen molar-refractivity contribution in [2.75, 3.05) is 6.54 Å². The minimum atomic E-state index is 0. The molecular formula is C56H115NNa. The summed E-state index contributed by atoms with van der Waals surface area (Å²) < 4.78 is 0. The molecule has 0 bridgehead atoms. The molecule has 0 aliphatic carbocycles. The topological polar surface area (TPSA) is 3.24 Å². The summed E-state index contributed by atoms with van der Waals surface area (Å²) in [5, 5.41) is 0. The number of rotatable bonds is 51. The van der Waals surface area contributed by atoms with Crippen LogP contribution in [0, 0.1) is 0 Å². The van der Waals surface area contributed by atoms with Crippen LogP contribution in [0.1, 0.15) is 343 Å². The molecule has 1 nitrogen and oxygen atoms in total. The van der Waals surface area contributed by atoms with E-state index in [4.69, 9.17) is 0 Å². The van der Waals surface area contributed by atoms with Crippen molar-refractivity contribution < 1.29 is 0 Å². The Morgan fingerprint density at radius 3 is 0.552 bits per heavy atom. The van der Waals surface area contributed by atoms with Crippen LogP contribution < -0.4 is 0 Å². The Labute approximate surface area is 393 Å². The molecule has 0 fully saturated rings. The minimum absolute atomic E-state index is 0. The first-order valence-corrected chi connectivity index (χ1v) is 28.0. The maximum absolute atomic E-state index is 3.23. The Morgan fingerprint density at radius 2 is 0.362 bits per heavy atom. The van der Waals surface area contributed by atoms with Crippen molar-refractivity contribution in [1.82, 2.24) is 4.90 Å². The van der Waals surface area contributed by atoms with E-state index in [2.05, 4.69) is 39.5 Å². The molecule has 0 aliphatic rings. The molecule has 0 aromatic rings. The van der Waals surface area contributed by atoms with Gasteiger partial charge in [0.1, 0.15) is 0 Å². The van der Waals surface area contributed by atoms with Crippen LogP contribution in [0.15, 0.2) is 0 Å². The third-order valence-corrected chi connectivity index (χ3v) is 13.8.